The van der Waals surface area contributed by atoms with Crippen LogP contribution in [0.3, 0.4) is 0 Å². The van der Waals surface area contributed by atoms with Gasteiger partial charge in [0.1, 0.15) is 5.75 Å². The number of carbonyl (C=O) groups excluding carboxylic acids is 2. The quantitative estimate of drug-likeness (QED) is 0.667. The van der Waals surface area contributed by atoms with Crippen LogP contribution in [-0.4, -0.2) is 41.2 Å². The molecule has 1 aromatic carbocycles. The Bertz CT molecular complexity index is 721. The molecule has 3 N–H and O–H groups in total. The van der Waals surface area contributed by atoms with Gasteiger partial charge in [-0.15, -0.1) is 0 Å². The summed E-state index contributed by atoms with van der Waals surface area (Å²) < 4.78 is 11.1. The van der Waals surface area contributed by atoms with Crippen LogP contribution in [-0.2, 0) is 19.1 Å². The fraction of sp³-hybridized carbons (Fsp3) is 0.500. The molecule has 0 spiro atoms. The highest BCUT2D eigenvalue weighted by molar-refractivity contribution is 5.89. The number of carbonyl (C=O) groups is 3. The standard InChI is InChI=1S/C18H22N2O6/c1-9-4-3-5-11(8-9)25-10(2)16(21)19-20-17(22)14-12-6-7-13(26-12)15(14)18(23)24/h3-5,8,10,12-15H,6-7H2,1-2H3,(H,19,21)(H,20,22)(H,23,24). The van der Waals surface area contributed by atoms with Gasteiger partial charge in [0.25, 0.3) is 5.91 Å². The van der Waals surface area contributed by atoms with Crippen LogP contribution in [0.25, 0.3) is 0 Å². The van der Waals surface area contributed by atoms with Crippen molar-refractivity contribution in [3.05, 3.63) is 29.8 Å². The summed E-state index contributed by atoms with van der Waals surface area (Å²) in [4.78, 5) is 35.9. The molecule has 140 valence electrons. The lowest BCUT2D eigenvalue weighted by Crippen LogP contribution is -2.52. The van der Waals surface area contributed by atoms with Crippen molar-refractivity contribution < 1.29 is 29.0 Å². The minimum Gasteiger partial charge on any atom is -0.481 e. The molecule has 2 fully saturated rings. The Labute approximate surface area is 150 Å². The average molecular weight is 362 g/mol. The Morgan fingerprint density at radius 3 is 2.54 bits per heavy atom. The van der Waals surface area contributed by atoms with Crippen molar-refractivity contribution in [2.75, 3.05) is 0 Å². The number of nitrogens with one attached hydrogen (secondary N) is 2. The number of aliphatic carboxylic acids is 1. The van der Waals surface area contributed by atoms with Gasteiger partial charge >= 0.3 is 5.97 Å². The molecule has 1 aromatic rings. The van der Waals surface area contributed by atoms with E-state index in [1.165, 1.54) is 0 Å². The van der Waals surface area contributed by atoms with Gasteiger partial charge < -0.3 is 14.6 Å². The normalized spacial score (nSPS) is 27.6. The van der Waals surface area contributed by atoms with Crippen molar-refractivity contribution in [3.8, 4) is 5.75 Å². The Morgan fingerprint density at radius 1 is 1.19 bits per heavy atom. The molecule has 2 amide bonds. The van der Waals surface area contributed by atoms with E-state index in [9.17, 15) is 19.5 Å². The number of carboxylic acid groups (broad SMARTS) is 1. The predicted octanol–water partition coefficient (Wildman–Crippen LogP) is 0.788. The van der Waals surface area contributed by atoms with E-state index in [0.717, 1.165) is 5.56 Å². The number of fused-ring (bicyclic) bond motifs is 2. The summed E-state index contributed by atoms with van der Waals surface area (Å²) in [7, 11) is 0. The monoisotopic (exact) mass is 362 g/mol. The highest BCUT2D eigenvalue weighted by atomic mass is 16.5. The second-order valence-corrected chi connectivity index (χ2v) is 6.74. The SMILES string of the molecule is Cc1cccc(OC(C)C(=O)NNC(=O)C2C3CCC(O3)C2C(=O)O)c1. The summed E-state index contributed by atoms with van der Waals surface area (Å²) in [6, 6.07) is 7.26. The number of carboxylic acids is 1. The molecule has 2 bridgehead atoms. The van der Waals surface area contributed by atoms with Gasteiger partial charge in [-0.25, -0.2) is 0 Å². The lowest BCUT2D eigenvalue weighted by atomic mass is 9.79. The van der Waals surface area contributed by atoms with Gasteiger partial charge in [-0.05, 0) is 44.4 Å². The van der Waals surface area contributed by atoms with Gasteiger partial charge in [-0.3, -0.25) is 25.2 Å². The average Bonchev–Trinajstić information content (AvgIpc) is 3.20. The van der Waals surface area contributed by atoms with Crippen LogP contribution in [0.15, 0.2) is 24.3 Å². The van der Waals surface area contributed by atoms with Crippen molar-refractivity contribution in [1.29, 1.82) is 0 Å². The smallest absolute Gasteiger partial charge is 0.310 e. The fourth-order valence-electron chi connectivity index (χ4n) is 3.58. The number of hydrogen-bond donors (Lipinski definition) is 3. The van der Waals surface area contributed by atoms with E-state index in [0.29, 0.717) is 18.6 Å². The van der Waals surface area contributed by atoms with Crippen molar-refractivity contribution in [2.45, 2.75) is 45.0 Å². The number of rotatable bonds is 5. The van der Waals surface area contributed by atoms with Gasteiger partial charge in [0, 0.05) is 0 Å². The third-order valence-corrected chi connectivity index (χ3v) is 4.84. The van der Waals surface area contributed by atoms with E-state index in [4.69, 9.17) is 9.47 Å². The molecule has 5 unspecified atom stereocenters. The zero-order valence-corrected chi connectivity index (χ0v) is 14.6. The first-order chi connectivity index (χ1) is 12.4. The number of hydrazine groups is 1. The maximum Gasteiger partial charge on any atom is 0.310 e. The molecule has 0 aliphatic carbocycles. The van der Waals surface area contributed by atoms with Crippen LogP contribution in [0.5, 0.6) is 5.75 Å². The van der Waals surface area contributed by atoms with Crippen LogP contribution in [0.2, 0.25) is 0 Å². The maximum atomic E-state index is 12.4. The molecule has 5 atom stereocenters. The third-order valence-electron chi connectivity index (χ3n) is 4.84. The van der Waals surface area contributed by atoms with Gasteiger partial charge in [-0.1, -0.05) is 12.1 Å². The summed E-state index contributed by atoms with van der Waals surface area (Å²) in [6.07, 6.45) is -0.401. The van der Waals surface area contributed by atoms with Crippen LogP contribution >= 0.6 is 0 Å². The first-order valence-corrected chi connectivity index (χ1v) is 8.58. The van der Waals surface area contributed by atoms with Gasteiger partial charge in [0.2, 0.25) is 5.91 Å². The van der Waals surface area contributed by atoms with E-state index in [-0.39, 0.29) is 0 Å². The van der Waals surface area contributed by atoms with Gasteiger partial charge in [0.15, 0.2) is 6.10 Å². The first kappa shape index (κ1) is 18.2. The highest BCUT2D eigenvalue weighted by Crippen LogP contribution is 2.43. The lowest BCUT2D eigenvalue weighted by molar-refractivity contribution is -0.148. The highest BCUT2D eigenvalue weighted by Gasteiger charge is 2.55. The molecule has 0 radical (unpaired) electrons. The first-order valence-electron chi connectivity index (χ1n) is 8.58. The number of benzene rings is 1. The Balaban J connectivity index is 1.54. The minimum atomic E-state index is -1.06. The second-order valence-electron chi connectivity index (χ2n) is 6.74. The van der Waals surface area contributed by atoms with E-state index in [2.05, 4.69) is 10.9 Å². The van der Waals surface area contributed by atoms with Crippen LogP contribution in [0.1, 0.15) is 25.3 Å². The van der Waals surface area contributed by atoms with E-state index < -0.39 is 47.9 Å². The molecule has 2 aliphatic heterocycles. The van der Waals surface area contributed by atoms with Gasteiger partial charge in [0.05, 0.1) is 24.0 Å². The molecular weight excluding hydrogens is 340 g/mol. The molecule has 3 rings (SSSR count). The zero-order chi connectivity index (χ0) is 18.8. The van der Waals surface area contributed by atoms with Crippen molar-refractivity contribution >= 4 is 17.8 Å². The predicted molar refractivity (Wildman–Crippen MR) is 90.1 cm³/mol. The van der Waals surface area contributed by atoms with E-state index >= 15 is 0 Å². The second kappa shape index (κ2) is 7.33. The lowest BCUT2D eigenvalue weighted by Gasteiger charge is -2.24. The third kappa shape index (κ3) is 3.65. The molecule has 2 heterocycles. The summed E-state index contributed by atoms with van der Waals surface area (Å²) in [6.45, 7) is 3.47. The molecular formula is C18H22N2O6. The van der Waals surface area contributed by atoms with Crippen molar-refractivity contribution in [2.24, 2.45) is 11.8 Å². The van der Waals surface area contributed by atoms with Crippen LogP contribution < -0.4 is 15.6 Å². The fourth-order valence-corrected chi connectivity index (χ4v) is 3.58. The number of aryl methyl sites for hydroxylation is 1. The molecule has 2 aliphatic rings. The maximum absolute atomic E-state index is 12.4. The largest absolute Gasteiger partial charge is 0.481 e. The molecule has 2 saturated heterocycles. The number of hydrogen-bond acceptors (Lipinski definition) is 5. The molecule has 0 aromatic heterocycles. The van der Waals surface area contributed by atoms with E-state index in [1.54, 1.807) is 19.1 Å². The van der Waals surface area contributed by atoms with E-state index in [1.807, 2.05) is 19.1 Å². The molecule has 0 saturated carbocycles. The van der Waals surface area contributed by atoms with Crippen LogP contribution in [0.4, 0.5) is 0 Å². The Hall–Kier alpha value is -2.61. The summed E-state index contributed by atoms with van der Waals surface area (Å²) in [5, 5.41) is 9.34. The molecule has 26 heavy (non-hydrogen) atoms. The van der Waals surface area contributed by atoms with Crippen molar-refractivity contribution in [1.82, 2.24) is 10.9 Å². The Kier molecular flexibility index (Phi) is 5.13. The summed E-state index contributed by atoms with van der Waals surface area (Å²) in [5.41, 5.74) is 5.61. The summed E-state index contributed by atoms with van der Waals surface area (Å²) in [5.74, 6) is -3.28. The zero-order valence-electron chi connectivity index (χ0n) is 14.6. The summed E-state index contributed by atoms with van der Waals surface area (Å²) >= 11 is 0. The minimum absolute atomic E-state index is 0.418. The van der Waals surface area contributed by atoms with Crippen molar-refractivity contribution in [3.63, 3.8) is 0 Å². The van der Waals surface area contributed by atoms with Crippen LogP contribution in [0, 0.1) is 18.8 Å². The Morgan fingerprint density at radius 2 is 1.88 bits per heavy atom. The molecule has 8 nitrogen and oxygen atoms in total. The molecule has 8 heteroatoms. The number of ether oxygens (including phenoxy) is 2. The van der Waals surface area contributed by atoms with Gasteiger partial charge in [-0.2, -0.15) is 0 Å². The topological polar surface area (TPSA) is 114 Å². The number of amides is 2.